The molecule has 0 radical (unpaired) electrons. The van der Waals surface area contributed by atoms with Gasteiger partial charge < -0.3 is 10.1 Å². The van der Waals surface area contributed by atoms with E-state index in [1.165, 1.54) is 6.33 Å². The van der Waals surface area contributed by atoms with E-state index in [-0.39, 0.29) is 17.7 Å². The van der Waals surface area contributed by atoms with Crippen molar-refractivity contribution in [3.05, 3.63) is 66.4 Å². The number of pyridine rings is 1. The number of rotatable bonds is 6. The Hall–Kier alpha value is -3.22. The van der Waals surface area contributed by atoms with E-state index in [9.17, 15) is 4.79 Å². The van der Waals surface area contributed by atoms with Gasteiger partial charge in [-0.3, -0.25) is 4.79 Å². The van der Waals surface area contributed by atoms with Gasteiger partial charge in [0.25, 0.3) is 0 Å². The fraction of sp³-hybridized carbons (Fsp3) is 0.263. The molecule has 26 heavy (non-hydrogen) atoms. The van der Waals surface area contributed by atoms with Crippen molar-refractivity contribution in [3.8, 4) is 11.6 Å². The summed E-state index contributed by atoms with van der Waals surface area (Å²) in [6.45, 7) is 0.400. The minimum absolute atomic E-state index is 0.0159. The first-order chi connectivity index (χ1) is 12.8. The maximum Gasteiger partial charge on any atom is 0.224 e. The minimum Gasteiger partial charge on any atom is -0.496 e. The molecule has 2 atom stereocenters. The third-order valence-electron chi connectivity index (χ3n) is 4.62. The Morgan fingerprint density at radius 1 is 1.31 bits per heavy atom. The van der Waals surface area contributed by atoms with Crippen molar-refractivity contribution in [1.82, 2.24) is 25.1 Å². The van der Waals surface area contributed by atoms with Gasteiger partial charge in [-0.05, 0) is 30.0 Å². The van der Waals surface area contributed by atoms with Gasteiger partial charge in [-0.25, -0.2) is 14.6 Å². The summed E-state index contributed by atoms with van der Waals surface area (Å²) in [6, 6.07) is 11.6. The molecule has 1 aliphatic rings. The Morgan fingerprint density at radius 2 is 2.19 bits per heavy atom. The van der Waals surface area contributed by atoms with Crippen molar-refractivity contribution in [2.75, 3.05) is 7.11 Å². The van der Waals surface area contributed by atoms with Crippen molar-refractivity contribution in [1.29, 1.82) is 0 Å². The molecule has 4 rings (SSSR count). The fourth-order valence-corrected chi connectivity index (χ4v) is 3.21. The van der Waals surface area contributed by atoms with Crippen molar-refractivity contribution >= 4 is 5.91 Å². The average molecular weight is 349 g/mol. The Morgan fingerprint density at radius 3 is 3.00 bits per heavy atom. The second-order valence-electron chi connectivity index (χ2n) is 6.23. The molecule has 0 unspecified atom stereocenters. The second kappa shape index (κ2) is 6.95. The van der Waals surface area contributed by atoms with Crippen LogP contribution in [0.3, 0.4) is 0 Å². The summed E-state index contributed by atoms with van der Waals surface area (Å²) in [4.78, 5) is 20.8. The first kappa shape index (κ1) is 16.3. The van der Waals surface area contributed by atoms with E-state index in [1.54, 1.807) is 24.3 Å². The quantitative estimate of drug-likeness (QED) is 0.737. The second-order valence-corrected chi connectivity index (χ2v) is 6.23. The first-order valence-electron chi connectivity index (χ1n) is 8.47. The zero-order chi connectivity index (χ0) is 17.9. The molecule has 1 fully saturated rings. The van der Waals surface area contributed by atoms with Crippen LogP contribution in [-0.2, 0) is 11.3 Å². The molecule has 7 nitrogen and oxygen atoms in total. The van der Waals surface area contributed by atoms with Crippen LogP contribution >= 0.6 is 0 Å². The van der Waals surface area contributed by atoms with Crippen molar-refractivity contribution in [2.24, 2.45) is 5.92 Å². The molecule has 1 aliphatic carbocycles. The highest BCUT2D eigenvalue weighted by Crippen LogP contribution is 2.50. The molecule has 1 N–H and O–H groups in total. The number of hydrogen-bond donors (Lipinski definition) is 1. The predicted octanol–water partition coefficient (Wildman–Crippen LogP) is 2.09. The number of aromatic nitrogens is 4. The van der Waals surface area contributed by atoms with Gasteiger partial charge in [0.2, 0.25) is 5.91 Å². The van der Waals surface area contributed by atoms with E-state index >= 15 is 0 Å². The molecular weight excluding hydrogens is 330 g/mol. The predicted molar refractivity (Wildman–Crippen MR) is 94.8 cm³/mol. The lowest BCUT2D eigenvalue weighted by Gasteiger charge is -2.10. The number of carbonyl (C=O) groups is 1. The molecule has 1 saturated carbocycles. The Kier molecular flexibility index (Phi) is 4.35. The third kappa shape index (κ3) is 3.15. The molecule has 0 aliphatic heterocycles. The average Bonchev–Trinajstić information content (AvgIpc) is 3.30. The maximum absolute atomic E-state index is 12.6. The van der Waals surface area contributed by atoms with Gasteiger partial charge in [-0.15, -0.1) is 0 Å². The summed E-state index contributed by atoms with van der Waals surface area (Å²) < 4.78 is 7.00. The van der Waals surface area contributed by atoms with Crippen LogP contribution in [0.5, 0.6) is 5.75 Å². The standard InChI is InChI=1S/C19H19N5O2/c1-26-17-7-3-2-6-14(17)15-9-16(15)19(25)22-10-13-5-4-8-21-18(13)24-12-20-11-23-24/h2-8,11-12,15-16H,9-10H2,1H3,(H,22,25)/t15-,16+/m0/s1. The van der Waals surface area contributed by atoms with E-state index in [4.69, 9.17) is 4.74 Å². The highest BCUT2D eigenvalue weighted by Gasteiger charge is 2.45. The van der Waals surface area contributed by atoms with Gasteiger partial charge in [-0.2, -0.15) is 5.10 Å². The number of hydrogen-bond acceptors (Lipinski definition) is 5. The van der Waals surface area contributed by atoms with Gasteiger partial charge in [0.05, 0.1) is 7.11 Å². The van der Waals surface area contributed by atoms with Gasteiger partial charge in [0, 0.05) is 24.2 Å². The lowest BCUT2D eigenvalue weighted by molar-refractivity contribution is -0.122. The summed E-state index contributed by atoms with van der Waals surface area (Å²) >= 11 is 0. The molecule has 0 bridgehead atoms. The highest BCUT2D eigenvalue weighted by molar-refractivity contribution is 5.83. The van der Waals surface area contributed by atoms with Crippen LogP contribution in [0, 0.1) is 5.92 Å². The number of para-hydroxylation sites is 1. The first-order valence-corrected chi connectivity index (χ1v) is 8.47. The molecule has 2 aromatic heterocycles. The number of nitrogens with zero attached hydrogens (tertiary/aromatic N) is 4. The molecule has 0 saturated heterocycles. The monoisotopic (exact) mass is 349 g/mol. The van der Waals surface area contributed by atoms with Gasteiger partial charge in [0.15, 0.2) is 5.82 Å². The highest BCUT2D eigenvalue weighted by atomic mass is 16.5. The van der Waals surface area contributed by atoms with Crippen LogP contribution in [0.2, 0.25) is 0 Å². The maximum atomic E-state index is 12.6. The SMILES string of the molecule is COc1ccccc1[C@@H]1C[C@H]1C(=O)NCc1cccnc1-n1cncn1. The van der Waals surface area contributed by atoms with Gasteiger partial charge in [-0.1, -0.05) is 24.3 Å². The Labute approximate surface area is 151 Å². The summed E-state index contributed by atoms with van der Waals surface area (Å²) in [6.07, 6.45) is 5.58. The molecule has 3 aromatic rings. The van der Waals surface area contributed by atoms with Crippen LogP contribution in [0.25, 0.3) is 5.82 Å². The molecule has 7 heteroatoms. The smallest absolute Gasteiger partial charge is 0.224 e. The normalized spacial score (nSPS) is 18.3. The molecule has 2 heterocycles. The largest absolute Gasteiger partial charge is 0.496 e. The Balaban J connectivity index is 1.42. The van der Waals surface area contributed by atoms with E-state index in [0.29, 0.717) is 12.4 Å². The lowest BCUT2D eigenvalue weighted by atomic mass is 10.1. The zero-order valence-electron chi connectivity index (χ0n) is 14.4. The lowest BCUT2D eigenvalue weighted by Crippen LogP contribution is -2.25. The van der Waals surface area contributed by atoms with E-state index in [1.807, 2.05) is 36.4 Å². The third-order valence-corrected chi connectivity index (χ3v) is 4.62. The van der Waals surface area contributed by atoms with Gasteiger partial charge >= 0.3 is 0 Å². The summed E-state index contributed by atoms with van der Waals surface area (Å²) in [5.41, 5.74) is 1.99. The molecule has 132 valence electrons. The van der Waals surface area contributed by atoms with E-state index in [0.717, 1.165) is 23.3 Å². The van der Waals surface area contributed by atoms with Crippen molar-refractivity contribution in [3.63, 3.8) is 0 Å². The van der Waals surface area contributed by atoms with Crippen LogP contribution in [0.15, 0.2) is 55.2 Å². The van der Waals surface area contributed by atoms with Crippen LogP contribution in [0.1, 0.15) is 23.5 Å². The molecule has 0 spiro atoms. The number of benzene rings is 1. The number of carbonyl (C=O) groups excluding carboxylic acids is 1. The fourth-order valence-electron chi connectivity index (χ4n) is 3.21. The summed E-state index contributed by atoms with van der Waals surface area (Å²) in [5.74, 6) is 1.76. The van der Waals surface area contributed by atoms with Crippen LogP contribution < -0.4 is 10.1 Å². The molecule has 1 aromatic carbocycles. The number of methoxy groups -OCH3 is 1. The van der Waals surface area contributed by atoms with E-state index < -0.39 is 0 Å². The number of nitrogens with one attached hydrogen (secondary N) is 1. The topological polar surface area (TPSA) is 81.9 Å². The number of amides is 1. The van der Waals surface area contributed by atoms with Crippen molar-refractivity contribution in [2.45, 2.75) is 18.9 Å². The van der Waals surface area contributed by atoms with Crippen molar-refractivity contribution < 1.29 is 9.53 Å². The summed E-state index contributed by atoms with van der Waals surface area (Å²) in [7, 11) is 1.66. The Bertz CT molecular complexity index is 910. The number of ether oxygens (including phenoxy) is 1. The minimum atomic E-state index is -0.0159. The zero-order valence-corrected chi connectivity index (χ0v) is 14.4. The van der Waals surface area contributed by atoms with E-state index in [2.05, 4.69) is 20.4 Å². The molecule has 1 amide bonds. The van der Waals surface area contributed by atoms with Crippen LogP contribution in [-0.4, -0.2) is 32.8 Å². The molecular formula is C19H19N5O2. The summed E-state index contributed by atoms with van der Waals surface area (Å²) in [5, 5.41) is 7.13. The van der Waals surface area contributed by atoms with Crippen LogP contribution in [0.4, 0.5) is 0 Å². The van der Waals surface area contributed by atoms with Gasteiger partial charge in [0.1, 0.15) is 18.4 Å².